The molecule has 6 N–H and O–H groups in total. The van der Waals surface area contributed by atoms with Crippen LogP contribution in [0.15, 0.2) is 5.38 Å². The summed E-state index contributed by atoms with van der Waals surface area (Å²) in [6.07, 6.45) is 0. The first-order chi connectivity index (χ1) is 9.04. The van der Waals surface area contributed by atoms with Gasteiger partial charge in [-0.15, -0.1) is 11.3 Å². The number of nitrogens with two attached hydrogens (primary N) is 3. The zero-order valence-electron chi connectivity index (χ0n) is 9.95. The monoisotopic (exact) mass is 274 g/mol. The number of aromatic nitrogens is 5. The highest BCUT2D eigenvalue weighted by Crippen LogP contribution is 2.28. The molecule has 0 fully saturated rings. The van der Waals surface area contributed by atoms with E-state index in [9.17, 15) is 0 Å². The fourth-order valence-electron chi connectivity index (χ4n) is 1.62. The summed E-state index contributed by atoms with van der Waals surface area (Å²) in [5.74, 6) is 0.445. The largest absolute Gasteiger partial charge is 0.382 e. The fourth-order valence-corrected chi connectivity index (χ4v) is 2.41. The molecule has 0 bridgehead atoms. The average Bonchev–Trinajstić information content (AvgIpc) is 2.74. The molecule has 0 spiro atoms. The van der Waals surface area contributed by atoms with Crippen molar-refractivity contribution in [1.29, 1.82) is 0 Å². The van der Waals surface area contributed by atoms with Crippen molar-refractivity contribution in [1.82, 2.24) is 24.9 Å². The van der Waals surface area contributed by atoms with Gasteiger partial charge in [-0.25, -0.2) is 15.0 Å². The molecule has 0 unspecified atom stereocenters. The van der Waals surface area contributed by atoms with Crippen LogP contribution in [-0.4, -0.2) is 24.9 Å². The number of nitrogen functional groups attached to an aromatic ring is 3. The van der Waals surface area contributed by atoms with Gasteiger partial charge in [-0.3, -0.25) is 0 Å². The molecule has 3 aromatic rings. The highest BCUT2D eigenvalue weighted by atomic mass is 32.1. The van der Waals surface area contributed by atoms with E-state index in [0.29, 0.717) is 16.2 Å². The van der Waals surface area contributed by atoms with Gasteiger partial charge in [0.1, 0.15) is 10.7 Å². The molecule has 3 rings (SSSR count). The van der Waals surface area contributed by atoms with Crippen LogP contribution in [0.2, 0.25) is 0 Å². The van der Waals surface area contributed by atoms with Crippen LogP contribution in [0.5, 0.6) is 0 Å². The van der Waals surface area contributed by atoms with E-state index in [1.54, 1.807) is 0 Å². The predicted molar refractivity (Wildman–Crippen MR) is 74.2 cm³/mol. The third-order valence-corrected chi connectivity index (χ3v) is 3.39. The number of hydrogen-bond donors (Lipinski definition) is 3. The van der Waals surface area contributed by atoms with E-state index in [4.69, 9.17) is 17.2 Å². The molecule has 0 aliphatic carbocycles. The van der Waals surface area contributed by atoms with Gasteiger partial charge in [0.15, 0.2) is 22.8 Å². The van der Waals surface area contributed by atoms with E-state index < -0.39 is 0 Å². The van der Waals surface area contributed by atoms with Crippen molar-refractivity contribution in [3.63, 3.8) is 0 Å². The molecule has 0 radical (unpaired) electrons. The Morgan fingerprint density at radius 1 is 0.947 bits per heavy atom. The second-order valence-electron chi connectivity index (χ2n) is 3.89. The molecule has 9 heteroatoms. The molecular weight excluding hydrogens is 264 g/mol. The molecule has 0 saturated carbocycles. The molecule has 19 heavy (non-hydrogen) atoms. The Labute approximate surface area is 111 Å². The number of rotatable bonds is 1. The van der Waals surface area contributed by atoms with Crippen LogP contribution in [0.3, 0.4) is 0 Å². The minimum atomic E-state index is 0.0385. The van der Waals surface area contributed by atoms with Crippen LogP contribution in [-0.2, 0) is 0 Å². The van der Waals surface area contributed by atoms with Crippen molar-refractivity contribution in [3.05, 3.63) is 11.1 Å². The quantitative estimate of drug-likeness (QED) is 0.585. The molecule has 0 aromatic carbocycles. The molecule has 0 aliphatic rings. The Bertz CT molecular complexity index is 781. The Morgan fingerprint density at radius 3 is 2.42 bits per heavy atom. The Kier molecular flexibility index (Phi) is 2.42. The Balaban J connectivity index is 2.30. The van der Waals surface area contributed by atoms with E-state index in [-0.39, 0.29) is 23.2 Å². The number of fused-ring (bicyclic) bond motifs is 1. The smallest absolute Gasteiger partial charge is 0.224 e. The van der Waals surface area contributed by atoms with Crippen LogP contribution in [0, 0.1) is 6.92 Å². The number of aryl methyl sites for hydroxylation is 1. The second kappa shape index (κ2) is 3.99. The van der Waals surface area contributed by atoms with E-state index in [0.717, 1.165) is 5.69 Å². The molecule has 8 nitrogen and oxygen atoms in total. The SMILES string of the molecule is Cc1csc(-c2nc3c(N)nc(N)nc3nc2N)n1. The zero-order chi connectivity index (χ0) is 13.6. The first-order valence-electron chi connectivity index (χ1n) is 5.33. The minimum absolute atomic E-state index is 0.0385. The van der Waals surface area contributed by atoms with Crippen LogP contribution in [0.4, 0.5) is 17.6 Å². The zero-order valence-corrected chi connectivity index (χ0v) is 10.8. The third kappa shape index (κ3) is 1.89. The summed E-state index contributed by atoms with van der Waals surface area (Å²) in [5.41, 5.74) is 19.2. The average molecular weight is 274 g/mol. The number of hydrogen-bond acceptors (Lipinski definition) is 9. The lowest BCUT2D eigenvalue weighted by Gasteiger charge is -2.05. The van der Waals surface area contributed by atoms with Crippen molar-refractivity contribution in [2.24, 2.45) is 0 Å². The van der Waals surface area contributed by atoms with Gasteiger partial charge in [-0.1, -0.05) is 0 Å². The molecule has 0 aliphatic heterocycles. The van der Waals surface area contributed by atoms with Crippen LogP contribution < -0.4 is 17.2 Å². The van der Waals surface area contributed by atoms with Gasteiger partial charge in [0, 0.05) is 11.1 Å². The fraction of sp³-hybridized carbons (Fsp3) is 0.100. The Morgan fingerprint density at radius 2 is 1.74 bits per heavy atom. The summed E-state index contributed by atoms with van der Waals surface area (Å²) in [4.78, 5) is 20.6. The van der Waals surface area contributed by atoms with Crippen molar-refractivity contribution < 1.29 is 0 Å². The second-order valence-corrected chi connectivity index (χ2v) is 4.75. The van der Waals surface area contributed by atoms with E-state index in [1.165, 1.54) is 11.3 Å². The molecule has 96 valence electrons. The maximum atomic E-state index is 5.88. The van der Waals surface area contributed by atoms with Gasteiger partial charge < -0.3 is 17.2 Å². The first-order valence-corrected chi connectivity index (χ1v) is 6.21. The van der Waals surface area contributed by atoms with Gasteiger partial charge >= 0.3 is 0 Å². The standard InChI is InChI=1S/C10H10N8S/c1-3-2-19-9(14-3)5-7(12)16-8-4(15-5)6(11)17-10(13)18-8/h2H,1H3,(H6,11,12,13,16,17,18). The summed E-state index contributed by atoms with van der Waals surface area (Å²) in [6, 6.07) is 0. The lowest BCUT2D eigenvalue weighted by atomic mass is 10.3. The lowest BCUT2D eigenvalue weighted by molar-refractivity contribution is 1.16. The summed E-state index contributed by atoms with van der Waals surface area (Å²) in [6.45, 7) is 1.89. The van der Waals surface area contributed by atoms with Crippen LogP contribution in [0.25, 0.3) is 21.9 Å². The van der Waals surface area contributed by atoms with E-state index in [2.05, 4.69) is 24.9 Å². The summed E-state index contributed by atoms with van der Waals surface area (Å²) in [5, 5.41) is 2.59. The molecule has 3 heterocycles. The van der Waals surface area contributed by atoms with E-state index >= 15 is 0 Å². The van der Waals surface area contributed by atoms with Gasteiger partial charge in [0.25, 0.3) is 0 Å². The van der Waals surface area contributed by atoms with E-state index in [1.807, 2.05) is 12.3 Å². The first kappa shape index (κ1) is 11.5. The topological polar surface area (TPSA) is 143 Å². The highest BCUT2D eigenvalue weighted by Gasteiger charge is 2.15. The van der Waals surface area contributed by atoms with Crippen LogP contribution in [0.1, 0.15) is 5.69 Å². The van der Waals surface area contributed by atoms with Gasteiger partial charge in [0.2, 0.25) is 5.95 Å². The minimum Gasteiger partial charge on any atom is -0.382 e. The Hall–Kier alpha value is -2.55. The summed E-state index contributed by atoms with van der Waals surface area (Å²) >= 11 is 1.43. The molecule has 0 amide bonds. The summed E-state index contributed by atoms with van der Waals surface area (Å²) < 4.78 is 0. The number of anilines is 3. The van der Waals surface area contributed by atoms with Crippen molar-refractivity contribution in [3.8, 4) is 10.7 Å². The molecular formula is C10H10N8S. The highest BCUT2D eigenvalue weighted by molar-refractivity contribution is 7.13. The maximum absolute atomic E-state index is 5.88. The van der Waals surface area contributed by atoms with Gasteiger partial charge in [0.05, 0.1) is 0 Å². The lowest BCUT2D eigenvalue weighted by Crippen LogP contribution is -2.06. The van der Waals surface area contributed by atoms with Crippen molar-refractivity contribution >= 4 is 40.1 Å². The third-order valence-electron chi connectivity index (χ3n) is 2.42. The molecule has 0 atom stereocenters. The number of nitrogens with zero attached hydrogens (tertiary/aromatic N) is 5. The maximum Gasteiger partial charge on any atom is 0.224 e. The van der Waals surface area contributed by atoms with Gasteiger partial charge in [-0.2, -0.15) is 9.97 Å². The molecule has 0 saturated heterocycles. The summed E-state index contributed by atoms with van der Waals surface area (Å²) in [7, 11) is 0. The van der Waals surface area contributed by atoms with Crippen molar-refractivity contribution in [2.45, 2.75) is 6.92 Å². The van der Waals surface area contributed by atoms with Crippen LogP contribution >= 0.6 is 11.3 Å². The normalized spacial score (nSPS) is 11.0. The van der Waals surface area contributed by atoms with Gasteiger partial charge in [-0.05, 0) is 6.92 Å². The van der Waals surface area contributed by atoms with Crippen molar-refractivity contribution in [2.75, 3.05) is 17.2 Å². The molecule has 3 aromatic heterocycles. The number of thiazole rings is 1. The predicted octanol–water partition coefficient (Wildman–Crippen LogP) is 0.598.